The summed E-state index contributed by atoms with van der Waals surface area (Å²) < 4.78 is 30.8. The van der Waals surface area contributed by atoms with Gasteiger partial charge in [-0.05, 0) is 37.3 Å². The zero-order valence-electron chi connectivity index (χ0n) is 14.9. The average molecular weight is 368 g/mol. The minimum atomic E-state index is -0.507. The molecule has 2 aromatic carbocycles. The lowest BCUT2D eigenvalue weighted by atomic mass is 10.1. The number of rotatable bonds is 6. The molecule has 0 amide bonds. The molecule has 3 rings (SSSR count). The van der Waals surface area contributed by atoms with Gasteiger partial charge in [0.05, 0.1) is 17.7 Å². The summed E-state index contributed by atoms with van der Waals surface area (Å²) in [5.74, 6) is -0.638. The maximum Gasteiger partial charge on any atom is 0.341 e. The van der Waals surface area contributed by atoms with Gasteiger partial charge in [-0.2, -0.15) is 5.26 Å². The largest absolute Gasteiger partial charge is 0.467 e. The van der Waals surface area contributed by atoms with Crippen molar-refractivity contribution < 1.29 is 23.4 Å². The van der Waals surface area contributed by atoms with E-state index in [2.05, 4.69) is 6.07 Å². The predicted molar refractivity (Wildman–Crippen MR) is 96.4 cm³/mol. The molecule has 0 spiro atoms. The molecule has 3 aromatic rings. The van der Waals surface area contributed by atoms with Gasteiger partial charge >= 0.3 is 5.97 Å². The van der Waals surface area contributed by atoms with Crippen LogP contribution in [0.4, 0.5) is 4.39 Å². The Kier molecular flexibility index (Phi) is 5.38. The molecule has 0 atom stereocenters. The quantitative estimate of drug-likeness (QED) is 0.489. The van der Waals surface area contributed by atoms with Gasteiger partial charge in [0, 0.05) is 30.4 Å². The lowest BCUT2D eigenvalue weighted by Gasteiger charge is -2.13. The lowest BCUT2D eigenvalue weighted by molar-refractivity contribution is 0.0438. The topological polar surface area (TPSA) is 73.5 Å². The van der Waals surface area contributed by atoms with Crippen molar-refractivity contribution in [2.45, 2.75) is 6.92 Å². The number of hydrogen-bond acceptors (Lipinski definition) is 5. The molecule has 7 heteroatoms. The Balaban J connectivity index is 2.13. The van der Waals surface area contributed by atoms with Gasteiger partial charge in [0.15, 0.2) is 6.79 Å². The van der Waals surface area contributed by atoms with E-state index in [0.29, 0.717) is 22.2 Å². The monoisotopic (exact) mass is 368 g/mol. The first-order chi connectivity index (χ1) is 13.1. The molecule has 0 aliphatic rings. The van der Waals surface area contributed by atoms with Gasteiger partial charge in [-0.25, -0.2) is 9.18 Å². The van der Waals surface area contributed by atoms with Crippen LogP contribution in [0, 0.1) is 17.1 Å². The van der Waals surface area contributed by atoms with Crippen molar-refractivity contribution in [1.82, 2.24) is 4.57 Å². The number of carbonyl (C=O) groups is 1. The number of carbonyl (C=O) groups excluding carboxylic acids is 1. The highest BCUT2D eigenvalue weighted by atomic mass is 19.1. The molecule has 0 saturated heterocycles. The van der Waals surface area contributed by atoms with Gasteiger partial charge < -0.3 is 18.8 Å². The standard InChI is InChI=1S/C20H17FN2O4/c1-3-26-20(24)16-6-5-15(9-19(16)27-12-25-2)23-11-13(10-22)17-8-14(21)4-7-18(17)23/h4-9,11H,3,12H2,1-2H3. The van der Waals surface area contributed by atoms with E-state index in [1.807, 2.05) is 0 Å². The van der Waals surface area contributed by atoms with Crippen LogP contribution in [0.3, 0.4) is 0 Å². The molecular weight excluding hydrogens is 351 g/mol. The predicted octanol–water partition coefficient (Wildman–Crippen LogP) is 3.80. The Bertz CT molecular complexity index is 1040. The summed E-state index contributed by atoms with van der Waals surface area (Å²) >= 11 is 0. The van der Waals surface area contributed by atoms with Crippen LogP contribution < -0.4 is 4.74 Å². The smallest absolute Gasteiger partial charge is 0.341 e. The van der Waals surface area contributed by atoms with Gasteiger partial charge in [0.1, 0.15) is 23.2 Å². The highest BCUT2D eigenvalue weighted by molar-refractivity contribution is 5.93. The second-order valence-corrected chi connectivity index (χ2v) is 5.64. The van der Waals surface area contributed by atoms with E-state index < -0.39 is 11.8 Å². The first-order valence-corrected chi connectivity index (χ1v) is 8.23. The Morgan fingerprint density at radius 3 is 2.78 bits per heavy atom. The number of nitrogens with zero attached hydrogens (tertiary/aromatic N) is 2. The third kappa shape index (κ3) is 3.61. The maximum atomic E-state index is 13.6. The number of nitriles is 1. The second-order valence-electron chi connectivity index (χ2n) is 5.64. The fourth-order valence-electron chi connectivity index (χ4n) is 2.79. The maximum absolute atomic E-state index is 13.6. The van der Waals surface area contributed by atoms with E-state index in [9.17, 15) is 14.4 Å². The van der Waals surface area contributed by atoms with Crippen molar-refractivity contribution in [2.24, 2.45) is 0 Å². The number of methoxy groups -OCH3 is 1. The van der Waals surface area contributed by atoms with Crippen LogP contribution in [0.5, 0.6) is 5.75 Å². The number of halogens is 1. The molecule has 27 heavy (non-hydrogen) atoms. The number of hydrogen-bond donors (Lipinski definition) is 0. The third-order valence-corrected chi connectivity index (χ3v) is 3.96. The summed E-state index contributed by atoms with van der Waals surface area (Å²) in [5.41, 5.74) is 1.92. The molecule has 0 unspecified atom stereocenters. The summed E-state index contributed by atoms with van der Waals surface area (Å²) in [7, 11) is 1.47. The van der Waals surface area contributed by atoms with Crippen LogP contribution in [-0.2, 0) is 9.47 Å². The van der Waals surface area contributed by atoms with Crippen LogP contribution in [0.1, 0.15) is 22.8 Å². The fourth-order valence-corrected chi connectivity index (χ4v) is 2.79. The van der Waals surface area contributed by atoms with Crippen molar-refractivity contribution in [1.29, 1.82) is 5.26 Å². The number of esters is 1. The molecule has 0 aliphatic heterocycles. The highest BCUT2D eigenvalue weighted by Gasteiger charge is 2.17. The first-order valence-electron chi connectivity index (χ1n) is 8.23. The van der Waals surface area contributed by atoms with E-state index in [1.165, 1.54) is 19.2 Å². The summed E-state index contributed by atoms with van der Waals surface area (Å²) in [4.78, 5) is 12.1. The summed E-state index contributed by atoms with van der Waals surface area (Å²) in [6, 6.07) is 11.3. The SMILES string of the molecule is CCOC(=O)c1ccc(-n2cc(C#N)c3cc(F)ccc32)cc1OCOC. The van der Waals surface area contributed by atoms with Crippen molar-refractivity contribution in [3.8, 4) is 17.5 Å². The van der Waals surface area contributed by atoms with Crippen LogP contribution in [0.2, 0.25) is 0 Å². The molecule has 0 fully saturated rings. The number of fused-ring (bicyclic) bond motifs is 1. The van der Waals surface area contributed by atoms with Gasteiger partial charge in [0.2, 0.25) is 0 Å². The lowest BCUT2D eigenvalue weighted by Crippen LogP contribution is -2.10. The van der Waals surface area contributed by atoms with Crippen molar-refractivity contribution in [3.05, 3.63) is 59.5 Å². The fraction of sp³-hybridized carbons (Fsp3) is 0.200. The van der Waals surface area contributed by atoms with Crippen molar-refractivity contribution >= 4 is 16.9 Å². The second kappa shape index (κ2) is 7.89. The average Bonchev–Trinajstić information content (AvgIpc) is 3.04. The minimum absolute atomic E-state index is 0.0447. The van der Waals surface area contributed by atoms with Gasteiger partial charge in [-0.15, -0.1) is 0 Å². The van der Waals surface area contributed by atoms with Crippen molar-refractivity contribution in [3.63, 3.8) is 0 Å². The molecule has 6 nitrogen and oxygen atoms in total. The Morgan fingerprint density at radius 1 is 1.26 bits per heavy atom. The van der Waals surface area contributed by atoms with Crippen LogP contribution >= 0.6 is 0 Å². The van der Waals surface area contributed by atoms with E-state index in [4.69, 9.17) is 14.2 Å². The van der Waals surface area contributed by atoms with E-state index in [1.54, 1.807) is 42.0 Å². The zero-order valence-corrected chi connectivity index (χ0v) is 14.9. The molecule has 0 aliphatic carbocycles. The summed E-state index contributed by atoms with van der Waals surface area (Å²) in [5, 5.41) is 9.85. The highest BCUT2D eigenvalue weighted by Crippen LogP contribution is 2.29. The summed E-state index contributed by atoms with van der Waals surface area (Å²) in [6.07, 6.45) is 1.61. The normalized spacial score (nSPS) is 10.6. The molecule has 138 valence electrons. The third-order valence-electron chi connectivity index (χ3n) is 3.96. The molecular formula is C20H17FN2O4. The Hall–Kier alpha value is -3.37. The molecule has 1 aromatic heterocycles. The number of benzene rings is 2. The molecule has 0 saturated carbocycles. The molecule has 1 heterocycles. The van der Waals surface area contributed by atoms with Crippen LogP contribution in [0.15, 0.2) is 42.6 Å². The first kappa shape index (κ1) is 18.4. The van der Waals surface area contributed by atoms with Gasteiger partial charge in [-0.1, -0.05) is 0 Å². The minimum Gasteiger partial charge on any atom is -0.467 e. The van der Waals surface area contributed by atoms with Crippen LogP contribution in [-0.4, -0.2) is 31.0 Å². The molecule has 0 radical (unpaired) electrons. The number of ether oxygens (including phenoxy) is 3. The van der Waals surface area contributed by atoms with E-state index >= 15 is 0 Å². The molecule has 0 N–H and O–H groups in total. The summed E-state index contributed by atoms with van der Waals surface area (Å²) in [6.45, 7) is 1.91. The van der Waals surface area contributed by atoms with Crippen LogP contribution in [0.25, 0.3) is 16.6 Å². The Morgan fingerprint density at radius 2 is 2.07 bits per heavy atom. The zero-order chi connectivity index (χ0) is 19.4. The Labute approximate surface area is 155 Å². The van der Waals surface area contributed by atoms with Gasteiger partial charge in [0.25, 0.3) is 0 Å². The molecule has 0 bridgehead atoms. The van der Waals surface area contributed by atoms with Crippen molar-refractivity contribution in [2.75, 3.05) is 20.5 Å². The van der Waals surface area contributed by atoms with E-state index in [-0.39, 0.29) is 24.7 Å². The van der Waals surface area contributed by atoms with Gasteiger partial charge in [-0.3, -0.25) is 0 Å². The van der Waals surface area contributed by atoms with E-state index in [0.717, 1.165) is 0 Å². The number of aromatic nitrogens is 1.